The Bertz CT molecular complexity index is 651. The number of carbonyl (C=O) groups is 1. The van der Waals surface area contributed by atoms with Gasteiger partial charge in [-0.1, -0.05) is 26.0 Å². The Kier molecular flexibility index (Phi) is 3.04. The minimum Gasteiger partial charge on any atom is -0.306 e. The van der Waals surface area contributed by atoms with Crippen molar-refractivity contribution in [2.45, 2.75) is 32.7 Å². The van der Waals surface area contributed by atoms with Crippen molar-refractivity contribution in [3.63, 3.8) is 0 Å². The molecule has 0 saturated heterocycles. The highest BCUT2D eigenvalue weighted by atomic mass is 16.6. The molecule has 21 heavy (non-hydrogen) atoms. The molecule has 1 heterocycles. The molecule has 6 heteroatoms. The Morgan fingerprint density at radius 1 is 1.38 bits per heavy atom. The van der Waals surface area contributed by atoms with E-state index in [1.807, 2.05) is 0 Å². The lowest BCUT2D eigenvalue weighted by molar-refractivity contribution is -0.385. The van der Waals surface area contributed by atoms with Crippen LogP contribution in [0.15, 0.2) is 29.4 Å². The molecule has 1 aromatic rings. The standard InChI is InChI=1S/C15H17N3O3/c1-15(2)7-10-13(12(19)8-15)14(17-16-10)9-5-3-4-6-11(9)18(20)21/h3-6,10,13,16H,7-8H2,1-2H3/t10-,13+/m1/s1. The fourth-order valence-electron chi connectivity index (χ4n) is 3.35. The lowest BCUT2D eigenvalue weighted by Gasteiger charge is -2.36. The largest absolute Gasteiger partial charge is 0.306 e. The molecule has 0 spiro atoms. The van der Waals surface area contributed by atoms with Crippen LogP contribution in [0.3, 0.4) is 0 Å². The van der Waals surface area contributed by atoms with E-state index in [4.69, 9.17) is 0 Å². The zero-order valence-electron chi connectivity index (χ0n) is 12.0. The van der Waals surface area contributed by atoms with E-state index in [9.17, 15) is 14.9 Å². The molecule has 0 unspecified atom stereocenters. The summed E-state index contributed by atoms with van der Waals surface area (Å²) in [7, 11) is 0. The molecule has 0 aromatic heterocycles. The van der Waals surface area contributed by atoms with Crippen LogP contribution in [-0.2, 0) is 4.79 Å². The number of carbonyl (C=O) groups excluding carboxylic acids is 1. The summed E-state index contributed by atoms with van der Waals surface area (Å²) < 4.78 is 0. The fourth-order valence-corrected chi connectivity index (χ4v) is 3.35. The van der Waals surface area contributed by atoms with E-state index < -0.39 is 4.92 Å². The van der Waals surface area contributed by atoms with Gasteiger partial charge in [-0.3, -0.25) is 14.9 Å². The summed E-state index contributed by atoms with van der Waals surface area (Å²) in [4.78, 5) is 23.2. The van der Waals surface area contributed by atoms with Crippen LogP contribution in [0.1, 0.15) is 32.3 Å². The van der Waals surface area contributed by atoms with Gasteiger partial charge in [0.05, 0.1) is 28.2 Å². The highest BCUT2D eigenvalue weighted by molar-refractivity contribution is 6.17. The first kappa shape index (κ1) is 13.7. The lowest BCUT2D eigenvalue weighted by Crippen LogP contribution is -2.45. The van der Waals surface area contributed by atoms with Gasteiger partial charge in [0.25, 0.3) is 5.69 Å². The van der Waals surface area contributed by atoms with Gasteiger partial charge in [-0.25, -0.2) is 0 Å². The molecule has 1 aliphatic carbocycles. The number of para-hydroxylation sites is 1. The molecule has 2 aliphatic rings. The third kappa shape index (κ3) is 2.30. The average Bonchev–Trinajstić information content (AvgIpc) is 2.80. The van der Waals surface area contributed by atoms with Crippen molar-refractivity contribution in [2.24, 2.45) is 16.4 Å². The molecule has 110 valence electrons. The first-order chi connectivity index (χ1) is 9.89. The van der Waals surface area contributed by atoms with Gasteiger partial charge in [0.15, 0.2) is 0 Å². The zero-order valence-corrected chi connectivity index (χ0v) is 12.0. The molecule has 0 bridgehead atoms. The summed E-state index contributed by atoms with van der Waals surface area (Å²) in [6, 6.07) is 6.40. The number of hydrogen-bond donors (Lipinski definition) is 1. The SMILES string of the molecule is CC1(C)CC(=O)[C@H]2C(c3ccccc3[N+](=O)[O-])=NN[C@@H]2C1. The van der Waals surface area contributed by atoms with Crippen LogP contribution in [0.2, 0.25) is 0 Å². The molecule has 6 nitrogen and oxygen atoms in total. The van der Waals surface area contributed by atoms with Crippen molar-refractivity contribution in [1.29, 1.82) is 0 Å². The van der Waals surface area contributed by atoms with E-state index >= 15 is 0 Å². The summed E-state index contributed by atoms with van der Waals surface area (Å²) >= 11 is 0. The maximum absolute atomic E-state index is 12.5. The van der Waals surface area contributed by atoms with Crippen LogP contribution in [0.25, 0.3) is 0 Å². The lowest BCUT2D eigenvalue weighted by atomic mass is 9.68. The van der Waals surface area contributed by atoms with Crippen LogP contribution in [0.4, 0.5) is 5.69 Å². The minimum absolute atomic E-state index is 0.00339. The van der Waals surface area contributed by atoms with Crippen molar-refractivity contribution in [3.05, 3.63) is 39.9 Å². The van der Waals surface area contributed by atoms with Crippen LogP contribution in [0, 0.1) is 21.4 Å². The normalized spacial score (nSPS) is 26.8. The predicted molar refractivity (Wildman–Crippen MR) is 78.1 cm³/mol. The number of benzene rings is 1. The van der Waals surface area contributed by atoms with Crippen LogP contribution < -0.4 is 5.43 Å². The molecule has 1 aromatic carbocycles. The molecule has 1 saturated carbocycles. The third-order valence-corrected chi connectivity index (χ3v) is 4.20. The second-order valence-corrected chi connectivity index (χ2v) is 6.50. The Balaban J connectivity index is 1.99. The Morgan fingerprint density at radius 3 is 2.81 bits per heavy atom. The van der Waals surface area contributed by atoms with E-state index in [0.29, 0.717) is 17.7 Å². The molecule has 1 aliphatic heterocycles. The van der Waals surface area contributed by atoms with Crippen molar-refractivity contribution in [2.75, 3.05) is 0 Å². The summed E-state index contributed by atoms with van der Waals surface area (Å²) in [5, 5.41) is 15.4. The zero-order chi connectivity index (χ0) is 15.2. The maximum Gasteiger partial charge on any atom is 0.278 e. The van der Waals surface area contributed by atoms with Crippen molar-refractivity contribution >= 4 is 17.2 Å². The van der Waals surface area contributed by atoms with Crippen molar-refractivity contribution < 1.29 is 9.72 Å². The molecule has 0 radical (unpaired) electrons. The van der Waals surface area contributed by atoms with Gasteiger partial charge < -0.3 is 5.43 Å². The minimum atomic E-state index is -0.428. The van der Waals surface area contributed by atoms with Gasteiger partial charge in [-0.15, -0.1) is 0 Å². The number of ketones is 1. The number of nitro groups is 1. The summed E-state index contributed by atoms with van der Waals surface area (Å²) in [5.74, 6) is -0.266. The molecule has 1 fully saturated rings. The first-order valence-electron chi connectivity index (χ1n) is 6.99. The van der Waals surface area contributed by atoms with Gasteiger partial charge in [0.2, 0.25) is 0 Å². The number of nitrogens with one attached hydrogen (secondary N) is 1. The molecular weight excluding hydrogens is 270 g/mol. The number of hydrogen-bond acceptors (Lipinski definition) is 5. The van der Waals surface area contributed by atoms with Crippen LogP contribution in [0.5, 0.6) is 0 Å². The average molecular weight is 287 g/mol. The molecule has 2 atom stereocenters. The number of hydrazone groups is 1. The number of nitrogens with zero attached hydrogens (tertiary/aromatic N) is 2. The number of rotatable bonds is 2. The third-order valence-electron chi connectivity index (χ3n) is 4.20. The summed E-state index contributed by atoms with van der Waals surface area (Å²) in [6.45, 7) is 4.12. The highest BCUT2D eigenvalue weighted by Gasteiger charge is 2.47. The van der Waals surface area contributed by atoms with Crippen molar-refractivity contribution in [3.8, 4) is 0 Å². The Morgan fingerprint density at radius 2 is 2.10 bits per heavy atom. The summed E-state index contributed by atoms with van der Waals surface area (Å²) in [6.07, 6.45) is 1.31. The smallest absolute Gasteiger partial charge is 0.278 e. The van der Waals surface area contributed by atoms with Gasteiger partial charge in [0, 0.05) is 12.5 Å². The fraction of sp³-hybridized carbons (Fsp3) is 0.467. The number of fused-ring (bicyclic) bond motifs is 1. The first-order valence-corrected chi connectivity index (χ1v) is 6.99. The highest BCUT2D eigenvalue weighted by Crippen LogP contribution is 2.40. The monoisotopic (exact) mass is 287 g/mol. The Labute approximate surface area is 122 Å². The van der Waals surface area contributed by atoms with E-state index in [1.54, 1.807) is 18.2 Å². The van der Waals surface area contributed by atoms with Crippen LogP contribution in [-0.4, -0.2) is 22.5 Å². The second-order valence-electron chi connectivity index (χ2n) is 6.50. The van der Waals surface area contributed by atoms with Crippen molar-refractivity contribution in [1.82, 2.24) is 5.43 Å². The van der Waals surface area contributed by atoms with E-state index in [0.717, 1.165) is 6.42 Å². The van der Waals surface area contributed by atoms with Gasteiger partial charge in [0.1, 0.15) is 5.78 Å². The molecule has 1 N–H and O–H groups in total. The van der Waals surface area contributed by atoms with E-state index in [2.05, 4.69) is 24.4 Å². The quantitative estimate of drug-likeness (QED) is 0.668. The summed E-state index contributed by atoms with van der Waals surface area (Å²) in [5.41, 5.74) is 3.89. The predicted octanol–water partition coefficient (Wildman–Crippen LogP) is 2.28. The van der Waals surface area contributed by atoms with Gasteiger partial charge in [-0.05, 0) is 17.9 Å². The Hall–Kier alpha value is -2.24. The molecule has 3 rings (SSSR count). The van der Waals surface area contributed by atoms with E-state index in [1.165, 1.54) is 6.07 Å². The molecular formula is C15H17N3O3. The van der Waals surface area contributed by atoms with Gasteiger partial charge in [-0.2, -0.15) is 5.10 Å². The van der Waals surface area contributed by atoms with E-state index in [-0.39, 0.29) is 28.8 Å². The van der Waals surface area contributed by atoms with Crippen LogP contribution >= 0.6 is 0 Å². The topological polar surface area (TPSA) is 84.6 Å². The number of nitro benzene ring substituents is 1. The maximum atomic E-state index is 12.5. The number of Topliss-reactive ketones (excluding diaryl/α,β-unsaturated/α-hetero) is 1. The van der Waals surface area contributed by atoms with Gasteiger partial charge >= 0.3 is 0 Å². The second kappa shape index (κ2) is 4.65. The molecule has 0 amide bonds.